The first-order valence-electron chi connectivity index (χ1n) is 22.8. The Bertz CT molecular complexity index is 3270. The van der Waals surface area contributed by atoms with Gasteiger partial charge in [-0.3, -0.25) is 30.2 Å². The summed E-state index contributed by atoms with van der Waals surface area (Å²) in [6.45, 7) is 18.7. The number of halogens is 1. The van der Waals surface area contributed by atoms with Gasteiger partial charge in [-0.15, -0.1) is 0 Å². The molecule has 1 fully saturated rings. The van der Waals surface area contributed by atoms with Crippen molar-refractivity contribution in [2.24, 2.45) is 0 Å². The van der Waals surface area contributed by atoms with E-state index in [1.807, 2.05) is 97.0 Å². The van der Waals surface area contributed by atoms with Gasteiger partial charge in [0.1, 0.15) is 11.3 Å². The predicted molar refractivity (Wildman–Crippen MR) is 270 cm³/mol. The van der Waals surface area contributed by atoms with Crippen LogP contribution in [0.4, 0.5) is 26.2 Å². The molecule has 1 amide bonds. The smallest absolute Gasteiger partial charge is 0.410 e. The molecule has 0 saturated carbocycles. The van der Waals surface area contributed by atoms with Crippen molar-refractivity contribution in [1.29, 1.82) is 0 Å². The van der Waals surface area contributed by atoms with Crippen LogP contribution in [0.5, 0.6) is 0 Å². The second-order valence-corrected chi connectivity index (χ2v) is 18.8. The monoisotopic (exact) mass is 930 g/mol. The molecule has 0 unspecified atom stereocenters. The van der Waals surface area contributed by atoms with Crippen molar-refractivity contribution in [1.82, 2.24) is 24.8 Å². The number of carbonyl (C=O) groups is 1. The van der Waals surface area contributed by atoms with Gasteiger partial charge in [-0.05, 0) is 157 Å². The quantitative estimate of drug-likeness (QED) is 0.0985. The van der Waals surface area contributed by atoms with Crippen LogP contribution in [0, 0.1) is 67.6 Å². The zero-order valence-corrected chi connectivity index (χ0v) is 40.2. The summed E-state index contributed by atoms with van der Waals surface area (Å²) in [5.74, 6) is -0.837. The number of benzene rings is 4. The molecule has 8 aromatic rings. The Morgan fingerprint density at radius 3 is 1.51 bits per heavy atom. The zero-order valence-electron chi connectivity index (χ0n) is 40.2. The molecule has 3 N–H and O–H groups in total. The van der Waals surface area contributed by atoms with Crippen LogP contribution < -0.4 is 5.32 Å². The van der Waals surface area contributed by atoms with E-state index in [1.165, 1.54) is 6.07 Å². The van der Waals surface area contributed by atoms with Gasteiger partial charge in [0.05, 0.1) is 9.85 Å². The molecular formula is C54H55FN8O6. The fourth-order valence-electron chi connectivity index (χ4n) is 9.14. The molecule has 4 aromatic heterocycles. The molecule has 0 atom stereocenters. The number of anilines is 1. The minimum absolute atomic E-state index is 0.0235. The maximum atomic E-state index is 13.6. The number of amides is 1. The van der Waals surface area contributed by atoms with Crippen molar-refractivity contribution in [2.45, 2.75) is 86.8 Å². The Hall–Kier alpha value is -7.94. The number of nitro benzene ring substituents is 2. The molecule has 0 bridgehead atoms. The van der Waals surface area contributed by atoms with Crippen molar-refractivity contribution in [3.63, 3.8) is 0 Å². The minimum Gasteiger partial charge on any atom is -0.444 e. The first-order chi connectivity index (χ1) is 32.7. The molecular weight excluding hydrogens is 876 g/mol. The average molecular weight is 931 g/mol. The largest absolute Gasteiger partial charge is 0.444 e. The predicted octanol–water partition coefficient (Wildman–Crippen LogP) is 13.4. The first-order valence-corrected chi connectivity index (χ1v) is 22.8. The second-order valence-electron chi connectivity index (χ2n) is 18.8. The number of aromatic nitrogens is 4. The number of rotatable bonds is 8. The summed E-state index contributed by atoms with van der Waals surface area (Å²) in [5, 5.41) is 28.6. The van der Waals surface area contributed by atoms with Crippen LogP contribution in [0.1, 0.15) is 67.5 Å². The third kappa shape index (κ3) is 10.5. The summed E-state index contributed by atoms with van der Waals surface area (Å²) in [5.41, 5.74) is 14.7. The maximum absolute atomic E-state index is 13.6. The number of piperidine rings is 1. The molecule has 15 heteroatoms. The number of carbonyl (C=O) groups excluding carboxylic acids is 1. The molecule has 1 aliphatic rings. The minimum atomic E-state index is -0.837. The van der Waals surface area contributed by atoms with Gasteiger partial charge in [-0.1, -0.05) is 36.4 Å². The summed E-state index contributed by atoms with van der Waals surface area (Å²) < 4.78 is 19.1. The standard InChI is InChI=1S/C32H37N5O4.C22H18FN3O2/c1-19-15-24(16-20(2)33-19)30-21(3)26-9-7-22(17-28(26)35-30)23-8-10-27(29(18-23)37(39)40)34-25-11-13-36(14-12-25)31(38)41-32(4,5)6;1-12-8-17(9-13(2)24-12)22-14(3)18-6-4-15(10-20(18)25-22)16-5-7-19(23)21(11-16)26(27)28/h7-10,15-18,25,34-35H,11-14H2,1-6H3;4-11,25H,1-3H3. The molecule has 14 nitrogen and oxygen atoms in total. The SMILES string of the molecule is Cc1cc(-c2[nH]c3cc(-c4ccc(F)c([N+](=O)[O-])c4)ccc3c2C)cc(C)n1.Cc1cc(-c2[nH]c3cc(-c4ccc(NC5CCN(C(=O)OC(C)(C)C)CC5)c([N+](=O)[O-])c4)ccc3c2C)cc(C)n1. The van der Waals surface area contributed by atoms with Gasteiger partial charge in [0, 0.05) is 98.4 Å². The molecule has 0 aliphatic carbocycles. The summed E-state index contributed by atoms with van der Waals surface area (Å²) in [6.07, 6.45) is 1.04. The lowest BCUT2D eigenvalue weighted by atomic mass is 10.0. The number of ether oxygens (including phenoxy) is 1. The number of fused-ring (bicyclic) bond motifs is 2. The van der Waals surface area contributed by atoms with Crippen LogP contribution >= 0.6 is 0 Å². The molecule has 1 aliphatic heterocycles. The summed E-state index contributed by atoms with van der Waals surface area (Å²) in [7, 11) is 0. The van der Waals surface area contributed by atoms with E-state index < -0.39 is 22.0 Å². The van der Waals surface area contributed by atoms with Gasteiger partial charge in [-0.25, -0.2) is 4.79 Å². The van der Waals surface area contributed by atoms with E-state index in [0.717, 1.165) is 101 Å². The Kier molecular flexibility index (Phi) is 13.1. The summed E-state index contributed by atoms with van der Waals surface area (Å²) in [6, 6.07) is 29.5. The number of hydrogen-bond acceptors (Lipinski definition) is 9. The average Bonchev–Trinajstić information content (AvgIpc) is 3.80. The van der Waals surface area contributed by atoms with Crippen LogP contribution in [0.25, 0.3) is 66.6 Å². The molecule has 354 valence electrons. The van der Waals surface area contributed by atoms with Gasteiger partial charge < -0.3 is 24.9 Å². The number of likely N-dealkylation sites (tertiary alicyclic amines) is 1. The highest BCUT2D eigenvalue weighted by Crippen LogP contribution is 2.37. The highest BCUT2D eigenvalue weighted by Gasteiger charge is 2.28. The fourth-order valence-corrected chi connectivity index (χ4v) is 9.14. The van der Waals surface area contributed by atoms with Crippen molar-refractivity contribution in [3.8, 4) is 44.8 Å². The number of nitrogens with one attached hydrogen (secondary N) is 3. The van der Waals surface area contributed by atoms with Gasteiger partial charge >= 0.3 is 11.8 Å². The van der Waals surface area contributed by atoms with Crippen LogP contribution in [0.15, 0.2) is 97.1 Å². The number of aryl methyl sites for hydroxylation is 6. The third-order valence-electron chi connectivity index (χ3n) is 12.4. The number of H-pyrrole nitrogens is 2. The van der Waals surface area contributed by atoms with Gasteiger partial charge in [0.2, 0.25) is 5.82 Å². The molecule has 69 heavy (non-hydrogen) atoms. The summed E-state index contributed by atoms with van der Waals surface area (Å²) >= 11 is 0. The first kappa shape index (κ1) is 47.5. The van der Waals surface area contributed by atoms with Gasteiger partial charge in [0.15, 0.2) is 0 Å². The maximum Gasteiger partial charge on any atom is 0.410 e. The van der Waals surface area contributed by atoms with E-state index in [2.05, 4.69) is 57.3 Å². The summed E-state index contributed by atoms with van der Waals surface area (Å²) in [4.78, 5) is 52.1. The number of nitro groups is 2. The van der Waals surface area contributed by atoms with E-state index in [-0.39, 0.29) is 22.7 Å². The van der Waals surface area contributed by atoms with Crippen molar-refractivity contribution >= 4 is 45.0 Å². The van der Waals surface area contributed by atoms with Crippen LogP contribution in [0.2, 0.25) is 0 Å². The Balaban J connectivity index is 0.000000200. The van der Waals surface area contributed by atoms with E-state index in [9.17, 15) is 29.4 Å². The molecule has 0 radical (unpaired) electrons. The number of nitrogens with zero attached hydrogens (tertiary/aromatic N) is 5. The Morgan fingerprint density at radius 1 is 0.638 bits per heavy atom. The van der Waals surface area contributed by atoms with Crippen LogP contribution in [-0.2, 0) is 4.74 Å². The van der Waals surface area contributed by atoms with E-state index in [1.54, 1.807) is 23.1 Å². The lowest BCUT2D eigenvalue weighted by Crippen LogP contribution is -2.44. The molecule has 9 rings (SSSR count). The number of aromatic amines is 2. The molecule has 5 heterocycles. The lowest BCUT2D eigenvalue weighted by molar-refractivity contribution is -0.387. The second kappa shape index (κ2) is 19.0. The van der Waals surface area contributed by atoms with Crippen molar-refractivity contribution in [3.05, 3.63) is 157 Å². The number of hydrogen-bond donors (Lipinski definition) is 3. The van der Waals surface area contributed by atoms with E-state index in [4.69, 9.17) is 4.74 Å². The van der Waals surface area contributed by atoms with Crippen LogP contribution in [-0.4, -0.2) is 65.5 Å². The molecule has 4 aromatic carbocycles. The van der Waals surface area contributed by atoms with E-state index in [0.29, 0.717) is 37.2 Å². The Labute approximate surface area is 399 Å². The topological polar surface area (TPSA) is 185 Å². The zero-order chi connectivity index (χ0) is 49.5. The molecule has 0 spiro atoms. The van der Waals surface area contributed by atoms with E-state index >= 15 is 0 Å². The van der Waals surface area contributed by atoms with Crippen LogP contribution in [0.3, 0.4) is 0 Å². The molecule has 1 saturated heterocycles. The number of pyridine rings is 2. The van der Waals surface area contributed by atoms with Gasteiger partial charge in [0.25, 0.3) is 5.69 Å². The fraction of sp³-hybridized carbons (Fsp3) is 0.278. The normalized spacial score (nSPS) is 13.0. The Morgan fingerprint density at radius 2 is 1.06 bits per heavy atom. The highest BCUT2D eigenvalue weighted by atomic mass is 19.1. The highest BCUT2D eigenvalue weighted by molar-refractivity contribution is 5.95. The van der Waals surface area contributed by atoms with Crippen molar-refractivity contribution < 1.29 is 23.8 Å². The van der Waals surface area contributed by atoms with Gasteiger partial charge in [-0.2, -0.15) is 4.39 Å². The van der Waals surface area contributed by atoms with Crippen molar-refractivity contribution in [2.75, 3.05) is 18.4 Å². The third-order valence-corrected chi connectivity index (χ3v) is 12.4. The lowest BCUT2D eigenvalue weighted by Gasteiger charge is -2.34.